The minimum Gasteiger partial charge on any atom is -0.380 e. The van der Waals surface area contributed by atoms with Crippen LogP contribution in [0.15, 0.2) is 0 Å². The first-order chi connectivity index (χ1) is 6.72. The minimum absolute atomic E-state index is 0.673. The summed E-state index contributed by atoms with van der Waals surface area (Å²) in [5.41, 5.74) is 0. The number of rotatable bonds is 8. The van der Waals surface area contributed by atoms with Crippen molar-refractivity contribution < 1.29 is 4.74 Å². The number of thiol groups is 1. The summed E-state index contributed by atoms with van der Waals surface area (Å²) in [6.45, 7) is 6.26. The number of nitrogens with zero attached hydrogens (tertiary/aromatic N) is 1. The van der Waals surface area contributed by atoms with Gasteiger partial charge in [-0.25, -0.2) is 0 Å². The fourth-order valence-corrected chi connectivity index (χ4v) is 1.55. The maximum atomic E-state index is 5.58. The lowest BCUT2D eigenvalue weighted by Gasteiger charge is -2.19. The molecular weight excluding hydrogens is 194 g/mol. The van der Waals surface area contributed by atoms with Crippen LogP contribution in [-0.2, 0) is 4.74 Å². The molecule has 1 aliphatic rings. The zero-order chi connectivity index (χ0) is 10.4. The van der Waals surface area contributed by atoms with E-state index in [9.17, 15) is 0 Å². The zero-order valence-corrected chi connectivity index (χ0v) is 10.3. The summed E-state index contributed by atoms with van der Waals surface area (Å²) in [6, 6.07) is 0. The first kappa shape index (κ1) is 12.3. The van der Waals surface area contributed by atoms with Crippen molar-refractivity contribution in [3.8, 4) is 0 Å². The molecule has 0 aliphatic heterocycles. The Hall–Kier alpha value is 0.270. The lowest BCUT2D eigenvalue weighted by atomic mass is 10.2. The highest BCUT2D eigenvalue weighted by Crippen LogP contribution is 2.28. The van der Waals surface area contributed by atoms with Gasteiger partial charge < -0.3 is 9.64 Å². The molecule has 0 aromatic carbocycles. The van der Waals surface area contributed by atoms with Crippen LogP contribution in [0.3, 0.4) is 0 Å². The van der Waals surface area contributed by atoms with E-state index in [1.807, 2.05) is 0 Å². The van der Waals surface area contributed by atoms with Crippen LogP contribution in [0, 0.1) is 11.8 Å². The molecule has 0 bridgehead atoms. The van der Waals surface area contributed by atoms with Crippen molar-refractivity contribution in [3.05, 3.63) is 0 Å². The third-order valence-electron chi connectivity index (χ3n) is 2.60. The van der Waals surface area contributed by atoms with E-state index in [0.29, 0.717) is 5.92 Å². The number of likely N-dealkylation sites (N-methyl/N-ethyl adjacent to an activating group) is 1. The highest BCUT2D eigenvalue weighted by molar-refractivity contribution is 7.80. The molecule has 0 saturated heterocycles. The summed E-state index contributed by atoms with van der Waals surface area (Å²) >= 11 is 4.28. The third-order valence-corrected chi connectivity index (χ3v) is 3.23. The Balaban J connectivity index is 1.88. The van der Waals surface area contributed by atoms with Gasteiger partial charge in [0.2, 0.25) is 0 Å². The third kappa shape index (κ3) is 5.89. The Morgan fingerprint density at radius 3 is 2.79 bits per heavy atom. The first-order valence-electron chi connectivity index (χ1n) is 5.59. The molecule has 0 spiro atoms. The zero-order valence-electron chi connectivity index (χ0n) is 9.41. The summed E-state index contributed by atoms with van der Waals surface area (Å²) in [6.07, 6.45) is 2.76. The van der Waals surface area contributed by atoms with E-state index in [2.05, 4.69) is 31.5 Å². The second kappa shape index (κ2) is 6.70. The van der Waals surface area contributed by atoms with Crippen LogP contribution >= 0.6 is 12.6 Å². The summed E-state index contributed by atoms with van der Waals surface area (Å²) < 4.78 is 5.58. The molecule has 2 nitrogen and oxygen atoms in total. The van der Waals surface area contributed by atoms with Gasteiger partial charge in [0.25, 0.3) is 0 Å². The normalized spacial score (nSPS) is 18.9. The summed E-state index contributed by atoms with van der Waals surface area (Å²) in [4.78, 5) is 2.33. The molecule has 1 aliphatic carbocycles. The molecule has 3 heteroatoms. The molecule has 0 radical (unpaired) electrons. The van der Waals surface area contributed by atoms with Gasteiger partial charge in [-0.1, -0.05) is 6.92 Å². The van der Waals surface area contributed by atoms with Crippen molar-refractivity contribution in [2.45, 2.75) is 19.8 Å². The van der Waals surface area contributed by atoms with E-state index < -0.39 is 0 Å². The highest BCUT2D eigenvalue weighted by atomic mass is 32.1. The highest BCUT2D eigenvalue weighted by Gasteiger charge is 2.20. The van der Waals surface area contributed by atoms with Crippen LogP contribution < -0.4 is 0 Å². The van der Waals surface area contributed by atoms with E-state index in [1.54, 1.807) is 0 Å². The summed E-state index contributed by atoms with van der Waals surface area (Å²) in [5, 5.41) is 0. The van der Waals surface area contributed by atoms with Gasteiger partial charge in [-0.05, 0) is 37.5 Å². The first-order valence-corrected chi connectivity index (χ1v) is 6.22. The van der Waals surface area contributed by atoms with Crippen LogP contribution in [0.2, 0.25) is 0 Å². The SMILES string of the molecule is CC(CS)CN(C)CCOCC1CC1. The Morgan fingerprint density at radius 1 is 1.50 bits per heavy atom. The van der Waals surface area contributed by atoms with Gasteiger partial charge in [-0.15, -0.1) is 0 Å². The second-order valence-corrected chi connectivity index (χ2v) is 4.93. The number of ether oxygens (including phenoxy) is 1. The Bertz CT molecular complexity index is 150. The van der Waals surface area contributed by atoms with Crippen LogP contribution in [0.25, 0.3) is 0 Å². The van der Waals surface area contributed by atoms with Crippen molar-refractivity contribution in [2.75, 3.05) is 39.1 Å². The van der Waals surface area contributed by atoms with Crippen molar-refractivity contribution in [2.24, 2.45) is 11.8 Å². The van der Waals surface area contributed by atoms with Gasteiger partial charge in [0.1, 0.15) is 0 Å². The number of hydrogen-bond acceptors (Lipinski definition) is 3. The predicted octanol–water partition coefficient (Wildman–Crippen LogP) is 1.91. The maximum absolute atomic E-state index is 5.58. The predicted molar refractivity (Wildman–Crippen MR) is 64.1 cm³/mol. The standard InChI is InChI=1S/C11H23NOS/c1-10(9-14)7-12(2)5-6-13-8-11-3-4-11/h10-11,14H,3-9H2,1-2H3. The number of hydrogen-bond donors (Lipinski definition) is 1. The molecular formula is C11H23NOS. The van der Waals surface area contributed by atoms with E-state index >= 15 is 0 Å². The van der Waals surface area contributed by atoms with Crippen LogP contribution in [0.1, 0.15) is 19.8 Å². The van der Waals surface area contributed by atoms with Crippen molar-refractivity contribution >= 4 is 12.6 Å². The van der Waals surface area contributed by atoms with Gasteiger partial charge in [0, 0.05) is 19.7 Å². The fraction of sp³-hybridized carbons (Fsp3) is 1.00. The minimum atomic E-state index is 0.673. The summed E-state index contributed by atoms with van der Waals surface area (Å²) in [5.74, 6) is 2.52. The van der Waals surface area contributed by atoms with E-state index in [-0.39, 0.29) is 0 Å². The van der Waals surface area contributed by atoms with Gasteiger partial charge >= 0.3 is 0 Å². The summed E-state index contributed by atoms with van der Waals surface area (Å²) in [7, 11) is 2.15. The smallest absolute Gasteiger partial charge is 0.0593 e. The molecule has 0 N–H and O–H groups in total. The Labute approximate surface area is 93.4 Å². The fourth-order valence-electron chi connectivity index (χ4n) is 1.44. The van der Waals surface area contributed by atoms with Gasteiger partial charge in [-0.3, -0.25) is 0 Å². The molecule has 0 heterocycles. The molecule has 84 valence electrons. The van der Waals surface area contributed by atoms with Crippen molar-refractivity contribution in [3.63, 3.8) is 0 Å². The average Bonchev–Trinajstić information content (AvgIpc) is 2.96. The molecule has 1 unspecified atom stereocenters. The molecule has 1 rings (SSSR count). The van der Waals surface area contributed by atoms with Crippen LogP contribution in [0.4, 0.5) is 0 Å². The van der Waals surface area contributed by atoms with Crippen LogP contribution in [0.5, 0.6) is 0 Å². The molecule has 1 saturated carbocycles. The van der Waals surface area contributed by atoms with Crippen molar-refractivity contribution in [1.82, 2.24) is 4.90 Å². The average molecular weight is 217 g/mol. The molecule has 14 heavy (non-hydrogen) atoms. The Kier molecular flexibility index (Phi) is 5.90. The molecule has 1 fully saturated rings. The van der Waals surface area contributed by atoms with Gasteiger partial charge in [0.05, 0.1) is 6.61 Å². The second-order valence-electron chi connectivity index (χ2n) is 4.57. The molecule has 1 atom stereocenters. The van der Waals surface area contributed by atoms with E-state index in [4.69, 9.17) is 4.74 Å². The molecule has 0 aromatic rings. The lowest BCUT2D eigenvalue weighted by Crippen LogP contribution is -2.28. The largest absolute Gasteiger partial charge is 0.380 e. The monoisotopic (exact) mass is 217 g/mol. The topological polar surface area (TPSA) is 12.5 Å². The van der Waals surface area contributed by atoms with Crippen LogP contribution in [-0.4, -0.2) is 44.0 Å². The quantitative estimate of drug-likeness (QED) is 0.492. The molecule has 0 amide bonds. The Morgan fingerprint density at radius 2 is 2.21 bits per heavy atom. The van der Waals surface area contributed by atoms with E-state index in [0.717, 1.165) is 38.0 Å². The van der Waals surface area contributed by atoms with Gasteiger partial charge in [0.15, 0.2) is 0 Å². The van der Waals surface area contributed by atoms with E-state index in [1.165, 1.54) is 12.8 Å². The van der Waals surface area contributed by atoms with Crippen molar-refractivity contribution in [1.29, 1.82) is 0 Å². The lowest BCUT2D eigenvalue weighted by molar-refractivity contribution is 0.101. The van der Waals surface area contributed by atoms with Gasteiger partial charge in [-0.2, -0.15) is 12.6 Å². The molecule has 0 aromatic heterocycles. The maximum Gasteiger partial charge on any atom is 0.0593 e.